The van der Waals surface area contributed by atoms with Crippen molar-refractivity contribution in [3.05, 3.63) is 59.9 Å². The van der Waals surface area contributed by atoms with Crippen LogP contribution in [0.4, 0.5) is 4.39 Å². The smallest absolute Gasteiger partial charge is 0.343 e. The fourth-order valence-electron chi connectivity index (χ4n) is 2.74. The van der Waals surface area contributed by atoms with Crippen molar-refractivity contribution in [3.8, 4) is 11.5 Å². The first-order chi connectivity index (χ1) is 13.6. The number of hydrogen-bond donors (Lipinski definition) is 0. The molecule has 0 heterocycles. The van der Waals surface area contributed by atoms with Crippen molar-refractivity contribution in [3.63, 3.8) is 0 Å². The number of halogens is 1. The molecule has 0 bridgehead atoms. The second kappa shape index (κ2) is 11.9. The number of ether oxygens (including phenoxy) is 2. The van der Waals surface area contributed by atoms with Crippen LogP contribution in [0.15, 0.2) is 48.5 Å². The third kappa shape index (κ3) is 7.91. The SMILES string of the molecule is CCCCCCCCCC(=O)Oc1ccc(C(=O)Oc2ccc(F)cc2)cc1. The summed E-state index contributed by atoms with van der Waals surface area (Å²) in [6.45, 7) is 2.19. The van der Waals surface area contributed by atoms with Gasteiger partial charge in [-0.1, -0.05) is 45.4 Å². The summed E-state index contributed by atoms with van der Waals surface area (Å²) in [5.41, 5.74) is 0.316. The molecule has 5 heteroatoms. The molecule has 0 saturated carbocycles. The van der Waals surface area contributed by atoms with E-state index in [4.69, 9.17) is 9.47 Å². The van der Waals surface area contributed by atoms with Crippen molar-refractivity contribution in [2.45, 2.75) is 58.3 Å². The van der Waals surface area contributed by atoms with E-state index in [0.29, 0.717) is 17.7 Å². The molecule has 0 amide bonds. The van der Waals surface area contributed by atoms with E-state index in [-0.39, 0.29) is 11.7 Å². The Morgan fingerprint density at radius 3 is 1.93 bits per heavy atom. The molecule has 0 aliphatic heterocycles. The Morgan fingerprint density at radius 2 is 1.29 bits per heavy atom. The fourth-order valence-corrected chi connectivity index (χ4v) is 2.74. The summed E-state index contributed by atoms with van der Waals surface area (Å²) >= 11 is 0. The lowest BCUT2D eigenvalue weighted by Gasteiger charge is -2.07. The second-order valence-corrected chi connectivity index (χ2v) is 6.71. The van der Waals surface area contributed by atoms with Gasteiger partial charge in [-0.15, -0.1) is 0 Å². The molecular formula is C23H27FO4. The summed E-state index contributed by atoms with van der Waals surface area (Å²) in [6.07, 6.45) is 8.39. The lowest BCUT2D eigenvalue weighted by atomic mass is 10.1. The number of carbonyl (C=O) groups is 2. The Labute approximate surface area is 165 Å². The minimum absolute atomic E-state index is 0.261. The Morgan fingerprint density at radius 1 is 0.750 bits per heavy atom. The van der Waals surface area contributed by atoms with Crippen LogP contribution in [0.1, 0.15) is 68.6 Å². The van der Waals surface area contributed by atoms with E-state index in [1.807, 2.05) is 0 Å². The Balaban J connectivity index is 1.72. The van der Waals surface area contributed by atoms with E-state index >= 15 is 0 Å². The molecule has 0 radical (unpaired) electrons. The van der Waals surface area contributed by atoms with Crippen LogP contribution in [-0.4, -0.2) is 11.9 Å². The van der Waals surface area contributed by atoms with Gasteiger partial charge in [-0.2, -0.15) is 0 Å². The first-order valence-electron chi connectivity index (χ1n) is 9.87. The van der Waals surface area contributed by atoms with E-state index in [1.165, 1.54) is 62.1 Å². The molecule has 0 aliphatic rings. The van der Waals surface area contributed by atoms with Gasteiger partial charge in [-0.05, 0) is 55.0 Å². The normalized spacial score (nSPS) is 10.5. The highest BCUT2D eigenvalue weighted by molar-refractivity contribution is 5.91. The fraction of sp³-hybridized carbons (Fsp3) is 0.391. The molecule has 0 saturated heterocycles. The molecule has 0 fully saturated rings. The number of unbranched alkanes of at least 4 members (excludes halogenated alkanes) is 6. The number of carbonyl (C=O) groups excluding carboxylic acids is 2. The monoisotopic (exact) mass is 386 g/mol. The van der Waals surface area contributed by atoms with Crippen LogP contribution in [-0.2, 0) is 4.79 Å². The summed E-state index contributed by atoms with van der Waals surface area (Å²) in [6, 6.07) is 11.4. The van der Waals surface area contributed by atoms with Crippen molar-refractivity contribution in [1.29, 1.82) is 0 Å². The zero-order valence-corrected chi connectivity index (χ0v) is 16.3. The van der Waals surface area contributed by atoms with E-state index in [9.17, 15) is 14.0 Å². The molecule has 4 nitrogen and oxygen atoms in total. The predicted octanol–water partition coefficient (Wildman–Crippen LogP) is 6.09. The first kappa shape index (κ1) is 21.6. The van der Waals surface area contributed by atoms with Crippen LogP contribution in [0.2, 0.25) is 0 Å². The maximum atomic E-state index is 12.9. The highest BCUT2D eigenvalue weighted by atomic mass is 19.1. The van der Waals surface area contributed by atoms with Gasteiger partial charge < -0.3 is 9.47 Å². The third-order valence-electron chi connectivity index (χ3n) is 4.33. The summed E-state index contributed by atoms with van der Waals surface area (Å²) in [5, 5.41) is 0. The molecule has 0 aromatic heterocycles. The molecule has 0 N–H and O–H groups in total. The van der Waals surface area contributed by atoms with Gasteiger partial charge in [0, 0.05) is 6.42 Å². The number of esters is 2. The van der Waals surface area contributed by atoms with Gasteiger partial charge in [0.05, 0.1) is 5.56 Å². The van der Waals surface area contributed by atoms with Gasteiger partial charge in [0.15, 0.2) is 0 Å². The van der Waals surface area contributed by atoms with Crippen LogP contribution in [0.3, 0.4) is 0 Å². The average Bonchev–Trinajstić information content (AvgIpc) is 2.69. The molecular weight excluding hydrogens is 359 g/mol. The molecule has 2 rings (SSSR count). The largest absolute Gasteiger partial charge is 0.427 e. The molecule has 28 heavy (non-hydrogen) atoms. The highest BCUT2D eigenvalue weighted by Gasteiger charge is 2.10. The van der Waals surface area contributed by atoms with Crippen LogP contribution in [0.5, 0.6) is 11.5 Å². The summed E-state index contributed by atoms with van der Waals surface area (Å²) in [4.78, 5) is 24.0. The summed E-state index contributed by atoms with van der Waals surface area (Å²) in [7, 11) is 0. The minimum atomic E-state index is -0.562. The molecule has 0 spiro atoms. The zero-order valence-electron chi connectivity index (χ0n) is 16.3. The highest BCUT2D eigenvalue weighted by Crippen LogP contribution is 2.17. The minimum Gasteiger partial charge on any atom is -0.427 e. The van der Waals surface area contributed by atoms with Crippen LogP contribution < -0.4 is 9.47 Å². The van der Waals surface area contributed by atoms with E-state index in [2.05, 4.69) is 6.92 Å². The van der Waals surface area contributed by atoms with Crippen molar-refractivity contribution >= 4 is 11.9 Å². The Hall–Kier alpha value is -2.69. The molecule has 2 aromatic rings. The zero-order chi connectivity index (χ0) is 20.2. The molecule has 0 aliphatic carbocycles. The Kier molecular flexibility index (Phi) is 9.19. The Bertz CT molecular complexity index is 738. The second-order valence-electron chi connectivity index (χ2n) is 6.71. The van der Waals surface area contributed by atoms with Crippen LogP contribution in [0, 0.1) is 5.82 Å². The van der Waals surface area contributed by atoms with E-state index in [0.717, 1.165) is 19.3 Å². The topological polar surface area (TPSA) is 52.6 Å². The predicted molar refractivity (Wildman–Crippen MR) is 106 cm³/mol. The maximum Gasteiger partial charge on any atom is 0.343 e. The first-order valence-corrected chi connectivity index (χ1v) is 9.87. The van der Waals surface area contributed by atoms with Gasteiger partial charge in [0.2, 0.25) is 0 Å². The third-order valence-corrected chi connectivity index (χ3v) is 4.33. The van der Waals surface area contributed by atoms with Gasteiger partial charge in [-0.25, -0.2) is 9.18 Å². The average molecular weight is 386 g/mol. The van der Waals surface area contributed by atoms with Gasteiger partial charge in [-0.3, -0.25) is 4.79 Å². The van der Waals surface area contributed by atoms with Crippen LogP contribution >= 0.6 is 0 Å². The van der Waals surface area contributed by atoms with Crippen molar-refractivity contribution < 1.29 is 23.5 Å². The van der Waals surface area contributed by atoms with Crippen molar-refractivity contribution in [2.24, 2.45) is 0 Å². The van der Waals surface area contributed by atoms with E-state index in [1.54, 1.807) is 12.1 Å². The number of rotatable bonds is 11. The van der Waals surface area contributed by atoms with Gasteiger partial charge >= 0.3 is 11.9 Å². The lowest BCUT2D eigenvalue weighted by molar-refractivity contribution is -0.134. The molecule has 0 atom stereocenters. The number of benzene rings is 2. The summed E-state index contributed by atoms with van der Waals surface area (Å²) < 4.78 is 23.3. The summed E-state index contributed by atoms with van der Waals surface area (Å²) in [5.74, 6) is -0.576. The quantitative estimate of drug-likeness (QED) is 0.266. The standard InChI is InChI=1S/C23H27FO4/c1-2-3-4-5-6-7-8-9-22(25)27-20-14-10-18(11-15-20)23(26)28-21-16-12-19(24)13-17-21/h10-17H,2-9H2,1H3. The molecule has 2 aromatic carbocycles. The maximum absolute atomic E-state index is 12.9. The van der Waals surface area contributed by atoms with Crippen LogP contribution in [0.25, 0.3) is 0 Å². The molecule has 150 valence electrons. The van der Waals surface area contributed by atoms with Gasteiger partial charge in [0.25, 0.3) is 0 Å². The van der Waals surface area contributed by atoms with Gasteiger partial charge in [0.1, 0.15) is 17.3 Å². The lowest BCUT2D eigenvalue weighted by Crippen LogP contribution is -2.10. The molecule has 0 unspecified atom stereocenters. The van der Waals surface area contributed by atoms with E-state index < -0.39 is 11.8 Å². The van der Waals surface area contributed by atoms with Crippen molar-refractivity contribution in [2.75, 3.05) is 0 Å². The number of hydrogen-bond acceptors (Lipinski definition) is 4. The van der Waals surface area contributed by atoms with Crippen molar-refractivity contribution in [1.82, 2.24) is 0 Å².